The topological polar surface area (TPSA) is 57.2 Å². The van der Waals surface area contributed by atoms with Gasteiger partial charge in [0.2, 0.25) is 5.60 Å². The van der Waals surface area contributed by atoms with Gasteiger partial charge in [-0.2, -0.15) is 0 Å². The molecule has 1 fully saturated rings. The van der Waals surface area contributed by atoms with Crippen molar-refractivity contribution in [2.75, 3.05) is 25.7 Å². The van der Waals surface area contributed by atoms with Gasteiger partial charge in [0.1, 0.15) is 17.6 Å². The average Bonchev–Trinajstić information content (AvgIpc) is 3.38. The number of rotatable bonds is 5. The molecule has 0 aliphatic carbocycles. The van der Waals surface area contributed by atoms with E-state index in [2.05, 4.69) is 5.92 Å². The lowest BCUT2D eigenvalue weighted by Crippen LogP contribution is -2.43. The number of carbonyl (C=O) groups is 1. The van der Waals surface area contributed by atoms with Crippen LogP contribution in [0.1, 0.15) is 29.1 Å². The molecule has 0 N–H and O–H groups in total. The third kappa shape index (κ3) is 3.25. The van der Waals surface area contributed by atoms with Gasteiger partial charge in [0.05, 0.1) is 26.5 Å². The lowest BCUT2D eigenvalue weighted by Gasteiger charge is -2.28. The average molecular weight is 441 g/mol. The Morgan fingerprint density at radius 1 is 0.970 bits per heavy atom. The number of terminal acetylenes is 1. The quantitative estimate of drug-likeness (QED) is 0.551. The van der Waals surface area contributed by atoms with E-state index in [1.165, 1.54) is 0 Å². The lowest BCUT2D eigenvalue weighted by atomic mass is 9.85. The van der Waals surface area contributed by atoms with Gasteiger partial charge in [-0.25, -0.2) is 0 Å². The van der Waals surface area contributed by atoms with Crippen LogP contribution in [-0.4, -0.2) is 26.7 Å². The molecule has 5 rings (SSSR count). The fourth-order valence-corrected chi connectivity index (χ4v) is 4.59. The molecule has 0 aromatic heterocycles. The van der Waals surface area contributed by atoms with Crippen molar-refractivity contribution in [1.82, 2.24) is 0 Å². The van der Waals surface area contributed by atoms with Crippen LogP contribution in [0.4, 0.5) is 5.69 Å². The van der Waals surface area contributed by atoms with E-state index in [-0.39, 0.29) is 12.5 Å². The lowest BCUT2D eigenvalue weighted by molar-refractivity contribution is -0.145. The molecule has 33 heavy (non-hydrogen) atoms. The SMILES string of the molecule is C#CCN1C(=O)[C@@]2(O[C@@H](c3cccc(OC)c3)O[C@H]2c2cccc(OC)c2)c2ccccc21. The summed E-state index contributed by atoms with van der Waals surface area (Å²) in [4.78, 5) is 15.6. The van der Waals surface area contributed by atoms with Gasteiger partial charge < -0.3 is 18.9 Å². The third-order valence-corrected chi connectivity index (χ3v) is 6.09. The number of amides is 1. The van der Waals surface area contributed by atoms with Crippen LogP contribution in [0.15, 0.2) is 72.8 Å². The van der Waals surface area contributed by atoms with Crippen LogP contribution >= 0.6 is 0 Å². The standard InChI is InChI=1S/C27H23NO5/c1-4-15-28-23-14-6-5-13-22(23)27(26(28)29)24(18-9-7-11-20(16-18)30-2)32-25(33-27)19-10-8-12-21(17-19)31-3/h1,5-14,16-17,24-25H,15H2,2-3H3/t24-,25-,27+/m0/s1. The summed E-state index contributed by atoms with van der Waals surface area (Å²) in [5.41, 5.74) is 1.57. The highest BCUT2D eigenvalue weighted by Gasteiger charge is 2.63. The summed E-state index contributed by atoms with van der Waals surface area (Å²) in [6.45, 7) is 0.135. The number of anilines is 1. The number of para-hydroxylation sites is 1. The molecule has 2 heterocycles. The summed E-state index contributed by atoms with van der Waals surface area (Å²) in [5, 5.41) is 0. The zero-order chi connectivity index (χ0) is 23.0. The van der Waals surface area contributed by atoms with Crippen molar-refractivity contribution in [2.45, 2.75) is 18.0 Å². The minimum Gasteiger partial charge on any atom is -0.497 e. The van der Waals surface area contributed by atoms with E-state index in [0.29, 0.717) is 11.5 Å². The second-order valence-electron chi connectivity index (χ2n) is 7.87. The van der Waals surface area contributed by atoms with Crippen LogP contribution in [0.5, 0.6) is 11.5 Å². The van der Waals surface area contributed by atoms with Gasteiger partial charge in [0, 0.05) is 11.1 Å². The Balaban J connectivity index is 1.69. The molecule has 6 heteroatoms. The molecule has 1 amide bonds. The van der Waals surface area contributed by atoms with Gasteiger partial charge in [0.25, 0.3) is 5.91 Å². The van der Waals surface area contributed by atoms with E-state index in [4.69, 9.17) is 25.4 Å². The largest absolute Gasteiger partial charge is 0.497 e. The zero-order valence-corrected chi connectivity index (χ0v) is 18.4. The molecule has 1 spiro atoms. The van der Waals surface area contributed by atoms with Gasteiger partial charge in [-0.1, -0.05) is 48.4 Å². The number of hydrogen-bond donors (Lipinski definition) is 0. The van der Waals surface area contributed by atoms with Gasteiger partial charge >= 0.3 is 0 Å². The van der Waals surface area contributed by atoms with Crippen molar-refractivity contribution < 1.29 is 23.7 Å². The minimum atomic E-state index is -1.40. The normalized spacial score (nSPS) is 23.4. The first-order valence-electron chi connectivity index (χ1n) is 10.6. The Labute approximate surface area is 192 Å². The van der Waals surface area contributed by atoms with Crippen molar-refractivity contribution in [3.63, 3.8) is 0 Å². The minimum absolute atomic E-state index is 0.135. The summed E-state index contributed by atoms with van der Waals surface area (Å²) >= 11 is 0. The maximum atomic E-state index is 14.0. The molecule has 1 saturated heterocycles. The number of hydrogen-bond acceptors (Lipinski definition) is 5. The van der Waals surface area contributed by atoms with Crippen LogP contribution in [0.25, 0.3) is 0 Å². The first kappa shape index (κ1) is 21.1. The number of benzene rings is 3. The molecule has 166 valence electrons. The first-order valence-corrected chi connectivity index (χ1v) is 10.6. The van der Waals surface area contributed by atoms with E-state index >= 15 is 0 Å². The van der Waals surface area contributed by atoms with Gasteiger partial charge in [-0.15, -0.1) is 6.42 Å². The highest BCUT2D eigenvalue weighted by atomic mass is 16.7. The number of methoxy groups -OCH3 is 2. The first-order chi connectivity index (χ1) is 16.1. The third-order valence-electron chi connectivity index (χ3n) is 6.09. The zero-order valence-electron chi connectivity index (χ0n) is 18.4. The number of ether oxygens (including phenoxy) is 4. The molecule has 2 aliphatic rings. The molecule has 3 atom stereocenters. The van der Waals surface area contributed by atoms with E-state index < -0.39 is 18.0 Å². The molecule has 3 aromatic rings. The molecule has 0 unspecified atom stereocenters. The number of fused-ring (bicyclic) bond motifs is 2. The van der Waals surface area contributed by atoms with Crippen molar-refractivity contribution >= 4 is 11.6 Å². The molecule has 3 aromatic carbocycles. The molecule has 2 aliphatic heterocycles. The maximum Gasteiger partial charge on any atom is 0.268 e. The fraction of sp³-hybridized carbons (Fsp3) is 0.222. The maximum absolute atomic E-state index is 14.0. The van der Waals surface area contributed by atoms with Crippen molar-refractivity contribution in [2.24, 2.45) is 0 Å². The van der Waals surface area contributed by atoms with Crippen LogP contribution < -0.4 is 14.4 Å². The van der Waals surface area contributed by atoms with E-state index in [0.717, 1.165) is 22.4 Å². The predicted octanol–water partition coefficient (Wildman–Crippen LogP) is 4.37. The van der Waals surface area contributed by atoms with Crippen LogP contribution in [0, 0.1) is 12.3 Å². The predicted molar refractivity (Wildman–Crippen MR) is 123 cm³/mol. The molecular formula is C27H23NO5. The smallest absolute Gasteiger partial charge is 0.268 e. The van der Waals surface area contributed by atoms with E-state index in [1.54, 1.807) is 19.1 Å². The molecule has 6 nitrogen and oxygen atoms in total. The Bertz CT molecular complexity index is 1250. The Morgan fingerprint density at radius 3 is 2.33 bits per heavy atom. The Hall–Kier alpha value is -3.79. The summed E-state index contributed by atoms with van der Waals surface area (Å²) in [5.74, 6) is 3.67. The second kappa shape index (κ2) is 8.28. The van der Waals surface area contributed by atoms with Crippen molar-refractivity contribution in [3.05, 3.63) is 89.5 Å². The van der Waals surface area contributed by atoms with Crippen molar-refractivity contribution in [1.29, 1.82) is 0 Å². The highest BCUT2D eigenvalue weighted by Crippen LogP contribution is 2.58. The highest BCUT2D eigenvalue weighted by molar-refractivity contribution is 6.08. The monoisotopic (exact) mass is 441 g/mol. The fourth-order valence-electron chi connectivity index (χ4n) is 4.59. The summed E-state index contributed by atoms with van der Waals surface area (Å²) in [7, 11) is 3.20. The van der Waals surface area contributed by atoms with E-state index in [1.807, 2.05) is 72.8 Å². The molecule has 0 bridgehead atoms. The summed E-state index contributed by atoms with van der Waals surface area (Å²) in [6.07, 6.45) is 4.09. The van der Waals surface area contributed by atoms with Crippen molar-refractivity contribution in [3.8, 4) is 23.8 Å². The van der Waals surface area contributed by atoms with Gasteiger partial charge in [-0.05, 0) is 35.9 Å². The Morgan fingerprint density at radius 2 is 1.64 bits per heavy atom. The van der Waals surface area contributed by atoms with E-state index in [9.17, 15) is 4.79 Å². The summed E-state index contributed by atoms with van der Waals surface area (Å²) < 4.78 is 23.9. The van der Waals surface area contributed by atoms with Gasteiger partial charge in [-0.3, -0.25) is 9.69 Å². The summed E-state index contributed by atoms with van der Waals surface area (Å²) in [6, 6.07) is 22.5. The molecule has 0 saturated carbocycles. The van der Waals surface area contributed by atoms with Crippen LogP contribution in [0.2, 0.25) is 0 Å². The Kier molecular flexibility index (Phi) is 5.29. The number of carbonyl (C=O) groups excluding carboxylic acids is 1. The second-order valence-corrected chi connectivity index (χ2v) is 7.87. The van der Waals surface area contributed by atoms with Crippen LogP contribution in [0.3, 0.4) is 0 Å². The van der Waals surface area contributed by atoms with Crippen LogP contribution in [-0.2, 0) is 19.9 Å². The molecule has 0 radical (unpaired) electrons. The number of nitrogens with zero attached hydrogens (tertiary/aromatic N) is 1. The van der Waals surface area contributed by atoms with Gasteiger partial charge in [0.15, 0.2) is 6.29 Å². The molecular weight excluding hydrogens is 418 g/mol.